The average Bonchev–Trinajstić information content (AvgIpc) is 2.35. The number of ether oxygens (including phenoxy) is 1. The van der Waals surface area contributed by atoms with Gasteiger partial charge >= 0.3 is 6.09 Å². The van der Waals surface area contributed by atoms with E-state index in [1.54, 1.807) is 0 Å². The minimum atomic E-state index is -0.435. The second-order valence-corrected chi connectivity index (χ2v) is 7.41. The predicted molar refractivity (Wildman–Crippen MR) is 84.4 cm³/mol. The third-order valence-corrected chi connectivity index (χ3v) is 4.32. The third kappa shape index (κ3) is 5.83. The number of amides is 1. The van der Waals surface area contributed by atoms with Crippen molar-refractivity contribution < 1.29 is 9.53 Å². The van der Waals surface area contributed by atoms with Crippen molar-refractivity contribution in [1.29, 1.82) is 0 Å². The number of carbonyl (C=O) groups is 1. The van der Waals surface area contributed by atoms with Crippen LogP contribution in [0.2, 0.25) is 0 Å². The standard InChI is InChI=1S/C16H31N3O2/c1-16(2,3)21-15(20)18-11-14(19-13-9-17-10-13)12-7-5-4-6-8-12/h12-14,17,19H,4-11H2,1-3H3,(H,18,20). The molecule has 1 aliphatic carbocycles. The smallest absolute Gasteiger partial charge is 0.407 e. The molecule has 2 rings (SSSR count). The van der Waals surface area contributed by atoms with Crippen molar-refractivity contribution in [2.24, 2.45) is 5.92 Å². The van der Waals surface area contributed by atoms with Crippen molar-refractivity contribution in [3.05, 3.63) is 0 Å². The minimum absolute atomic E-state index is 0.308. The van der Waals surface area contributed by atoms with E-state index in [-0.39, 0.29) is 6.09 Å². The summed E-state index contributed by atoms with van der Waals surface area (Å²) in [7, 11) is 0. The van der Waals surface area contributed by atoms with E-state index < -0.39 is 5.60 Å². The molecule has 122 valence electrons. The number of hydrogen-bond donors (Lipinski definition) is 3. The van der Waals surface area contributed by atoms with Crippen LogP contribution in [0.4, 0.5) is 4.79 Å². The minimum Gasteiger partial charge on any atom is -0.444 e. The second-order valence-electron chi connectivity index (χ2n) is 7.41. The molecule has 0 bridgehead atoms. The van der Waals surface area contributed by atoms with Gasteiger partial charge in [0.1, 0.15) is 5.60 Å². The number of alkyl carbamates (subject to hydrolysis) is 1. The zero-order chi connectivity index (χ0) is 15.3. The summed E-state index contributed by atoms with van der Waals surface area (Å²) in [5.41, 5.74) is -0.435. The van der Waals surface area contributed by atoms with Crippen LogP contribution in [0.5, 0.6) is 0 Å². The van der Waals surface area contributed by atoms with Gasteiger partial charge in [0.25, 0.3) is 0 Å². The molecule has 0 spiro atoms. The quantitative estimate of drug-likeness (QED) is 0.726. The largest absolute Gasteiger partial charge is 0.444 e. The summed E-state index contributed by atoms with van der Waals surface area (Å²) in [6, 6.07) is 0.919. The van der Waals surface area contributed by atoms with Gasteiger partial charge in [-0.15, -0.1) is 0 Å². The summed E-state index contributed by atoms with van der Waals surface area (Å²) in [6.07, 6.45) is 6.22. The van der Waals surface area contributed by atoms with Gasteiger partial charge in [0.2, 0.25) is 0 Å². The summed E-state index contributed by atoms with van der Waals surface area (Å²) in [6.45, 7) is 8.41. The van der Waals surface area contributed by atoms with Crippen LogP contribution in [0, 0.1) is 5.92 Å². The van der Waals surface area contributed by atoms with E-state index >= 15 is 0 Å². The normalized spacial score (nSPS) is 22.4. The van der Waals surface area contributed by atoms with Crippen LogP contribution < -0.4 is 16.0 Å². The molecule has 2 aliphatic rings. The summed E-state index contributed by atoms with van der Waals surface area (Å²) in [4.78, 5) is 11.8. The lowest BCUT2D eigenvalue weighted by Crippen LogP contribution is -2.61. The summed E-state index contributed by atoms with van der Waals surface area (Å²) < 4.78 is 5.33. The lowest BCUT2D eigenvalue weighted by atomic mass is 9.83. The maximum absolute atomic E-state index is 11.8. The maximum atomic E-state index is 11.8. The molecule has 1 heterocycles. The summed E-state index contributed by atoms with van der Waals surface area (Å²) in [5.74, 6) is 0.675. The first kappa shape index (κ1) is 16.6. The molecule has 0 aromatic carbocycles. The molecule has 1 aliphatic heterocycles. The Labute approximate surface area is 128 Å². The highest BCUT2D eigenvalue weighted by molar-refractivity contribution is 5.67. The first-order chi connectivity index (χ1) is 9.94. The zero-order valence-electron chi connectivity index (χ0n) is 13.7. The number of carbonyl (C=O) groups excluding carboxylic acids is 1. The van der Waals surface area contributed by atoms with Gasteiger partial charge in [-0.25, -0.2) is 4.79 Å². The number of nitrogens with one attached hydrogen (secondary N) is 3. The molecular weight excluding hydrogens is 266 g/mol. The first-order valence-corrected chi connectivity index (χ1v) is 8.37. The molecule has 5 heteroatoms. The number of hydrogen-bond acceptors (Lipinski definition) is 4. The third-order valence-electron chi connectivity index (χ3n) is 4.32. The molecule has 1 saturated heterocycles. The predicted octanol–water partition coefficient (Wildman–Crippen LogP) is 2.02. The highest BCUT2D eigenvalue weighted by Gasteiger charge is 2.28. The van der Waals surface area contributed by atoms with Gasteiger partial charge in [0.05, 0.1) is 0 Å². The van der Waals surface area contributed by atoms with Crippen molar-refractivity contribution >= 4 is 6.09 Å². The first-order valence-electron chi connectivity index (χ1n) is 8.37. The van der Waals surface area contributed by atoms with Crippen LogP contribution in [-0.4, -0.2) is 43.4 Å². The molecule has 1 saturated carbocycles. The second kappa shape index (κ2) is 7.45. The SMILES string of the molecule is CC(C)(C)OC(=O)NCC(NC1CNC1)C1CCCCC1. The Bertz CT molecular complexity index is 331. The van der Waals surface area contributed by atoms with Crippen LogP contribution >= 0.6 is 0 Å². The molecule has 1 atom stereocenters. The zero-order valence-corrected chi connectivity index (χ0v) is 13.7. The molecular formula is C16H31N3O2. The highest BCUT2D eigenvalue weighted by atomic mass is 16.6. The van der Waals surface area contributed by atoms with Crippen LogP contribution in [-0.2, 0) is 4.74 Å². The van der Waals surface area contributed by atoms with Gasteiger partial charge in [-0.2, -0.15) is 0 Å². The lowest BCUT2D eigenvalue weighted by Gasteiger charge is -2.37. The van der Waals surface area contributed by atoms with Crippen LogP contribution in [0.3, 0.4) is 0 Å². The molecule has 0 aromatic heterocycles. The molecule has 0 aromatic rings. The maximum Gasteiger partial charge on any atom is 0.407 e. The molecule has 1 amide bonds. The topological polar surface area (TPSA) is 62.4 Å². The lowest BCUT2D eigenvalue weighted by molar-refractivity contribution is 0.0513. The molecule has 21 heavy (non-hydrogen) atoms. The van der Waals surface area contributed by atoms with Crippen LogP contribution in [0.25, 0.3) is 0 Å². The Hall–Kier alpha value is -0.810. The fourth-order valence-electron chi connectivity index (χ4n) is 3.11. The van der Waals surface area contributed by atoms with Crippen LogP contribution in [0.15, 0.2) is 0 Å². The van der Waals surface area contributed by atoms with Crippen LogP contribution in [0.1, 0.15) is 52.9 Å². The van der Waals surface area contributed by atoms with E-state index in [4.69, 9.17) is 4.74 Å². The van der Waals surface area contributed by atoms with E-state index in [2.05, 4.69) is 16.0 Å². The van der Waals surface area contributed by atoms with Crippen molar-refractivity contribution in [3.63, 3.8) is 0 Å². The van der Waals surface area contributed by atoms with Gasteiger partial charge in [-0.1, -0.05) is 19.3 Å². The fraction of sp³-hybridized carbons (Fsp3) is 0.938. The molecule has 2 fully saturated rings. The monoisotopic (exact) mass is 297 g/mol. The molecule has 5 nitrogen and oxygen atoms in total. The van der Waals surface area contributed by atoms with Gasteiger partial charge in [0, 0.05) is 31.7 Å². The number of rotatable bonds is 5. The molecule has 1 unspecified atom stereocenters. The Morgan fingerprint density at radius 1 is 1.24 bits per heavy atom. The van der Waals surface area contributed by atoms with Crippen molar-refractivity contribution in [2.45, 2.75) is 70.6 Å². The Kier molecular flexibility index (Phi) is 5.88. The fourth-order valence-corrected chi connectivity index (χ4v) is 3.11. The Morgan fingerprint density at radius 2 is 1.90 bits per heavy atom. The molecule has 0 radical (unpaired) electrons. The highest BCUT2D eigenvalue weighted by Crippen LogP contribution is 2.26. The Morgan fingerprint density at radius 3 is 2.43 bits per heavy atom. The van der Waals surface area contributed by atoms with E-state index in [0.29, 0.717) is 24.5 Å². The van der Waals surface area contributed by atoms with Gasteiger partial charge in [0.15, 0.2) is 0 Å². The van der Waals surface area contributed by atoms with Crippen molar-refractivity contribution in [2.75, 3.05) is 19.6 Å². The van der Waals surface area contributed by atoms with E-state index in [0.717, 1.165) is 13.1 Å². The van der Waals surface area contributed by atoms with Crippen molar-refractivity contribution in [1.82, 2.24) is 16.0 Å². The average molecular weight is 297 g/mol. The van der Waals surface area contributed by atoms with Crippen molar-refractivity contribution in [3.8, 4) is 0 Å². The van der Waals surface area contributed by atoms with E-state index in [1.165, 1.54) is 32.1 Å². The van der Waals surface area contributed by atoms with Gasteiger partial charge in [-0.05, 0) is 39.5 Å². The van der Waals surface area contributed by atoms with Gasteiger partial charge < -0.3 is 20.7 Å². The van der Waals surface area contributed by atoms with Gasteiger partial charge in [-0.3, -0.25) is 0 Å². The molecule has 3 N–H and O–H groups in total. The summed E-state index contributed by atoms with van der Waals surface area (Å²) >= 11 is 0. The van der Waals surface area contributed by atoms with E-state index in [1.807, 2.05) is 20.8 Å². The summed E-state index contributed by atoms with van der Waals surface area (Å²) in [5, 5.41) is 9.95. The van der Waals surface area contributed by atoms with E-state index in [9.17, 15) is 4.79 Å². The Balaban J connectivity index is 1.81.